The van der Waals surface area contributed by atoms with Gasteiger partial charge < -0.3 is 9.90 Å². The third-order valence-electron chi connectivity index (χ3n) is 5.12. The Labute approximate surface area is 163 Å². The summed E-state index contributed by atoms with van der Waals surface area (Å²) in [5.74, 6) is 0. The lowest BCUT2D eigenvalue weighted by Gasteiger charge is -2.26. The first kappa shape index (κ1) is 21.1. The van der Waals surface area contributed by atoms with Crippen molar-refractivity contribution >= 4 is 17.9 Å². The SMILES string of the molecule is Cc1cccc(CC(O)CCN2CC[C@@H](Cl)[C@@H]2C/C=C\CCCC=O)c1. The number of aliphatic hydroxyl groups is 1. The maximum Gasteiger partial charge on any atom is 0.120 e. The molecule has 0 bridgehead atoms. The van der Waals surface area contributed by atoms with Crippen LogP contribution in [-0.4, -0.2) is 46.9 Å². The number of hydrogen-bond acceptors (Lipinski definition) is 3. The van der Waals surface area contributed by atoms with Crippen LogP contribution < -0.4 is 0 Å². The lowest BCUT2D eigenvalue weighted by atomic mass is 10.0. The Morgan fingerprint density at radius 3 is 2.96 bits per heavy atom. The van der Waals surface area contributed by atoms with Crippen molar-refractivity contribution in [2.45, 2.75) is 69.4 Å². The summed E-state index contributed by atoms with van der Waals surface area (Å²) in [6, 6.07) is 8.71. The number of allylic oxidation sites excluding steroid dienone is 1. The van der Waals surface area contributed by atoms with Gasteiger partial charge in [-0.2, -0.15) is 0 Å². The molecular weight excluding hydrogens is 346 g/mol. The van der Waals surface area contributed by atoms with Crippen molar-refractivity contribution in [3.05, 3.63) is 47.5 Å². The summed E-state index contributed by atoms with van der Waals surface area (Å²) in [5, 5.41) is 10.6. The molecule has 1 heterocycles. The number of aryl methyl sites for hydroxylation is 1. The predicted molar refractivity (Wildman–Crippen MR) is 109 cm³/mol. The topological polar surface area (TPSA) is 40.5 Å². The number of benzene rings is 1. The van der Waals surface area contributed by atoms with Gasteiger partial charge in [-0.05, 0) is 57.6 Å². The highest BCUT2D eigenvalue weighted by Crippen LogP contribution is 2.26. The van der Waals surface area contributed by atoms with Crippen LogP contribution in [-0.2, 0) is 11.2 Å². The van der Waals surface area contributed by atoms with Crippen molar-refractivity contribution in [3.8, 4) is 0 Å². The van der Waals surface area contributed by atoms with Gasteiger partial charge in [0.05, 0.1) is 11.5 Å². The second kappa shape index (κ2) is 11.5. The number of carbonyl (C=O) groups is 1. The van der Waals surface area contributed by atoms with Gasteiger partial charge in [-0.3, -0.25) is 4.90 Å². The molecule has 3 nitrogen and oxygen atoms in total. The molecule has 0 amide bonds. The van der Waals surface area contributed by atoms with Crippen molar-refractivity contribution in [2.75, 3.05) is 13.1 Å². The second-order valence-corrected chi connectivity index (χ2v) is 7.91. The minimum Gasteiger partial charge on any atom is -0.393 e. The molecule has 1 fully saturated rings. The molecule has 3 atom stereocenters. The van der Waals surface area contributed by atoms with E-state index in [1.54, 1.807) is 0 Å². The molecule has 0 saturated carbocycles. The van der Waals surface area contributed by atoms with E-state index in [4.69, 9.17) is 11.6 Å². The van der Waals surface area contributed by atoms with Crippen LogP contribution in [0.25, 0.3) is 0 Å². The average molecular weight is 378 g/mol. The zero-order valence-corrected chi connectivity index (χ0v) is 16.6. The molecule has 4 heteroatoms. The van der Waals surface area contributed by atoms with E-state index < -0.39 is 0 Å². The minimum absolute atomic E-state index is 0.184. The van der Waals surface area contributed by atoms with Gasteiger partial charge >= 0.3 is 0 Å². The van der Waals surface area contributed by atoms with Gasteiger partial charge in [0.1, 0.15) is 6.29 Å². The fraction of sp³-hybridized carbons (Fsp3) is 0.591. The molecule has 0 spiro atoms. The molecule has 0 radical (unpaired) electrons. The van der Waals surface area contributed by atoms with Crippen molar-refractivity contribution in [3.63, 3.8) is 0 Å². The van der Waals surface area contributed by atoms with Gasteiger partial charge in [0.15, 0.2) is 0 Å². The highest BCUT2D eigenvalue weighted by atomic mass is 35.5. The maximum atomic E-state index is 10.4. The third-order valence-corrected chi connectivity index (χ3v) is 5.63. The van der Waals surface area contributed by atoms with Gasteiger partial charge in [0.25, 0.3) is 0 Å². The number of aldehydes is 1. The van der Waals surface area contributed by atoms with Crippen molar-refractivity contribution in [2.24, 2.45) is 0 Å². The van der Waals surface area contributed by atoms with Gasteiger partial charge in [0, 0.05) is 19.0 Å². The Morgan fingerprint density at radius 2 is 2.19 bits per heavy atom. The number of unbranched alkanes of at least 4 members (excludes halogenated alkanes) is 2. The van der Waals surface area contributed by atoms with E-state index in [2.05, 4.69) is 42.2 Å². The van der Waals surface area contributed by atoms with Gasteiger partial charge in [-0.15, -0.1) is 11.6 Å². The molecule has 1 N–H and O–H groups in total. The summed E-state index contributed by atoms with van der Waals surface area (Å²) >= 11 is 6.51. The Morgan fingerprint density at radius 1 is 1.35 bits per heavy atom. The summed E-state index contributed by atoms with van der Waals surface area (Å²) in [6.45, 7) is 3.98. The monoisotopic (exact) mass is 377 g/mol. The summed E-state index contributed by atoms with van der Waals surface area (Å²) < 4.78 is 0. The van der Waals surface area contributed by atoms with Crippen LogP contribution in [0.5, 0.6) is 0 Å². The molecular formula is C22H32ClNO2. The largest absolute Gasteiger partial charge is 0.393 e. The van der Waals surface area contributed by atoms with Crippen LogP contribution in [0.1, 0.15) is 49.7 Å². The molecule has 0 aromatic heterocycles. The minimum atomic E-state index is -0.314. The molecule has 0 aliphatic carbocycles. The molecule has 1 aliphatic heterocycles. The Hall–Kier alpha value is -1.16. The smallest absolute Gasteiger partial charge is 0.120 e. The van der Waals surface area contributed by atoms with E-state index in [1.165, 1.54) is 11.1 Å². The van der Waals surface area contributed by atoms with E-state index in [-0.39, 0.29) is 11.5 Å². The maximum absolute atomic E-state index is 10.4. The van der Waals surface area contributed by atoms with Crippen molar-refractivity contribution in [1.82, 2.24) is 4.90 Å². The van der Waals surface area contributed by atoms with Crippen LogP contribution in [0.15, 0.2) is 36.4 Å². The zero-order chi connectivity index (χ0) is 18.8. The van der Waals surface area contributed by atoms with Crippen LogP contribution in [0.4, 0.5) is 0 Å². The Bertz CT molecular complexity index is 575. The van der Waals surface area contributed by atoms with Gasteiger partial charge in [-0.25, -0.2) is 0 Å². The first-order chi connectivity index (χ1) is 12.6. The van der Waals surface area contributed by atoms with E-state index in [0.29, 0.717) is 18.9 Å². The fourth-order valence-corrected chi connectivity index (χ4v) is 4.01. The molecule has 144 valence electrons. The fourth-order valence-electron chi connectivity index (χ4n) is 3.65. The van der Waals surface area contributed by atoms with Crippen LogP contribution >= 0.6 is 11.6 Å². The first-order valence-electron chi connectivity index (χ1n) is 9.80. The molecule has 26 heavy (non-hydrogen) atoms. The lowest BCUT2D eigenvalue weighted by molar-refractivity contribution is -0.107. The zero-order valence-electron chi connectivity index (χ0n) is 15.8. The number of halogens is 1. The highest BCUT2D eigenvalue weighted by Gasteiger charge is 2.31. The van der Waals surface area contributed by atoms with E-state index in [1.807, 2.05) is 6.07 Å². The standard InChI is InChI=1S/C22H32ClNO2/c1-18-8-7-9-19(16-18)17-20(26)11-13-24-14-12-21(23)22(24)10-5-3-2-4-6-15-25/h3,5,7-9,15-16,20-22,26H,2,4,6,10-14,17H2,1H3/b5-3-/t20?,21-,22+/m1/s1. The van der Waals surface area contributed by atoms with Crippen LogP contribution in [0, 0.1) is 6.92 Å². The quantitative estimate of drug-likeness (QED) is 0.271. The van der Waals surface area contributed by atoms with Gasteiger partial charge in [0.2, 0.25) is 0 Å². The Balaban J connectivity index is 1.75. The Kier molecular flexibility index (Phi) is 9.38. The van der Waals surface area contributed by atoms with Crippen molar-refractivity contribution < 1.29 is 9.90 Å². The second-order valence-electron chi connectivity index (χ2n) is 7.35. The van der Waals surface area contributed by atoms with E-state index in [0.717, 1.165) is 51.5 Å². The van der Waals surface area contributed by atoms with E-state index >= 15 is 0 Å². The number of hydrogen-bond donors (Lipinski definition) is 1. The highest BCUT2D eigenvalue weighted by molar-refractivity contribution is 6.21. The average Bonchev–Trinajstić information content (AvgIpc) is 2.96. The predicted octanol–water partition coefficient (Wildman–Crippen LogP) is 4.29. The molecule has 1 aromatic carbocycles. The summed E-state index contributed by atoms with van der Waals surface area (Å²) in [7, 11) is 0. The normalized spacial score (nSPS) is 22.1. The molecule has 1 unspecified atom stereocenters. The number of nitrogens with zero attached hydrogens (tertiary/aromatic N) is 1. The van der Waals surface area contributed by atoms with E-state index in [9.17, 15) is 9.90 Å². The lowest BCUT2D eigenvalue weighted by Crippen LogP contribution is -2.35. The molecule has 1 aromatic rings. The summed E-state index contributed by atoms with van der Waals surface area (Å²) in [6.07, 6.45) is 11.0. The molecule has 1 saturated heterocycles. The van der Waals surface area contributed by atoms with Gasteiger partial charge in [-0.1, -0.05) is 42.0 Å². The summed E-state index contributed by atoms with van der Waals surface area (Å²) in [5.41, 5.74) is 2.43. The number of likely N-dealkylation sites (tertiary alicyclic amines) is 1. The number of aliphatic hydroxyl groups excluding tert-OH is 1. The third kappa shape index (κ3) is 7.22. The number of carbonyl (C=O) groups excluding carboxylic acids is 1. The van der Waals surface area contributed by atoms with Crippen LogP contribution in [0.3, 0.4) is 0 Å². The molecule has 2 rings (SSSR count). The number of alkyl halides is 1. The van der Waals surface area contributed by atoms with Crippen molar-refractivity contribution in [1.29, 1.82) is 0 Å². The number of rotatable bonds is 11. The molecule has 1 aliphatic rings. The van der Waals surface area contributed by atoms with Crippen LogP contribution in [0.2, 0.25) is 0 Å². The summed E-state index contributed by atoms with van der Waals surface area (Å²) in [4.78, 5) is 12.7. The first-order valence-corrected chi connectivity index (χ1v) is 10.2.